The second-order valence-corrected chi connectivity index (χ2v) is 10.6. The molecule has 2 aromatic carbocycles. The van der Waals surface area contributed by atoms with Gasteiger partial charge in [0, 0.05) is 0 Å². The molecular weight excluding hydrogens is 414 g/mol. The van der Waals surface area contributed by atoms with Crippen molar-refractivity contribution in [1.82, 2.24) is 0 Å². The molecule has 0 radical (unpaired) electrons. The first-order valence-electron chi connectivity index (χ1n) is 10.7. The zero-order valence-electron chi connectivity index (χ0n) is 18.3. The molecule has 0 unspecified atom stereocenters. The van der Waals surface area contributed by atoms with Crippen molar-refractivity contribution < 1.29 is 23.1 Å². The summed E-state index contributed by atoms with van der Waals surface area (Å²) in [5.74, 6) is -0.115. The molecule has 0 aliphatic heterocycles. The van der Waals surface area contributed by atoms with Gasteiger partial charge in [0.25, 0.3) is 0 Å². The van der Waals surface area contributed by atoms with Gasteiger partial charge in [-0.15, -0.1) is 0 Å². The maximum Gasteiger partial charge on any atom is 0.335 e. The average molecular weight is 446 g/mol. The summed E-state index contributed by atoms with van der Waals surface area (Å²) in [6.07, 6.45) is 4.03. The summed E-state index contributed by atoms with van der Waals surface area (Å²) in [6, 6.07) is 11.8. The summed E-state index contributed by atoms with van der Waals surface area (Å²) in [4.78, 5) is 11.0. The molecule has 0 bridgehead atoms. The molecule has 0 saturated heterocycles. The molecule has 3 rings (SSSR count). The van der Waals surface area contributed by atoms with Gasteiger partial charge in [-0.1, -0.05) is 44.9 Å². The Kier molecular flexibility index (Phi) is 6.94. The van der Waals surface area contributed by atoms with E-state index < -0.39 is 16.0 Å². The van der Waals surface area contributed by atoms with Crippen LogP contribution >= 0.6 is 0 Å². The van der Waals surface area contributed by atoms with Crippen LogP contribution in [0, 0.1) is 18.3 Å². The highest BCUT2D eigenvalue weighted by atomic mass is 32.2. The topological polar surface area (TPSA) is 92.7 Å². The van der Waals surface area contributed by atoms with Gasteiger partial charge in [0.15, 0.2) is 0 Å². The first kappa shape index (κ1) is 23.1. The Bertz CT molecular complexity index is 1020. The Morgan fingerprint density at radius 2 is 1.77 bits per heavy atom. The number of carboxylic acids is 1. The van der Waals surface area contributed by atoms with Gasteiger partial charge in [-0.2, -0.15) is 0 Å². The van der Waals surface area contributed by atoms with Gasteiger partial charge in [0.2, 0.25) is 10.0 Å². The number of rotatable bonds is 9. The lowest BCUT2D eigenvalue weighted by atomic mass is 9.77. The number of carboxylic acid groups (broad SMARTS) is 1. The van der Waals surface area contributed by atoms with Gasteiger partial charge in [-0.25, -0.2) is 13.2 Å². The fraction of sp³-hybridized carbons (Fsp3) is 0.458. The SMILES string of the molecule is Cc1ccc(NS(=O)(=O)CC2(C(C)C)CCCC2)c(OCc2ccc(C(=O)O)cc2)c1. The van der Waals surface area contributed by atoms with Crippen LogP contribution < -0.4 is 9.46 Å². The van der Waals surface area contributed by atoms with E-state index in [1.54, 1.807) is 24.3 Å². The average Bonchev–Trinajstić information content (AvgIpc) is 3.17. The molecule has 0 atom stereocenters. The van der Waals surface area contributed by atoms with Crippen LogP contribution in [0.5, 0.6) is 5.75 Å². The highest BCUT2D eigenvalue weighted by molar-refractivity contribution is 7.92. The summed E-state index contributed by atoms with van der Waals surface area (Å²) in [5.41, 5.74) is 2.20. The predicted octanol–water partition coefficient (Wildman–Crippen LogP) is 5.23. The first-order chi connectivity index (χ1) is 14.6. The second kappa shape index (κ2) is 9.30. The Labute approximate surface area is 184 Å². The summed E-state index contributed by atoms with van der Waals surface area (Å²) in [5, 5.41) is 9.02. The first-order valence-corrected chi connectivity index (χ1v) is 12.3. The Morgan fingerprint density at radius 3 is 2.35 bits per heavy atom. The number of carbonyl (C=O) groups is 1. The molecule has 31 heavy (non-hydrogen) atoms. The third kappa shape index (κ3) is 5.79. The van der Waals surface area contributed by atoms with E-state index in [-0.39, 0.29) is 23.3 Å². The summed E-state index contributed by atoms with van der Waals surface area (Å²) in [6.45, 7) is 6.33. The fourth-order valence-corrected chi connectivity index (χ4v) is 6.24. The molecule has 0 amide bonds. The molecule has 1 saturated carbocycles. The number of ether oxygens (including phenoxy) is 1. The number of anilines is 1. The number of aromatic carboxylic acids is 1. The van der Waals surface area contributed by atoms with Gasteiger partial charge >= 0.3 is 5.97 Å². The largest absolute Gasteiger partial charge is 0.487 e. The van der Waals surface area contributed by atoms with Gasteiger partial charge in [-0.05, 0) is 66.5 Å². The molecule has 1 aliphatic rings. The highest BCUT2D eigenvalue weighted by Crippen LogP contribution is 2.45. The lowest BCUT2D eigenvalue weighted by Crippen LogP contribution is -2.35. The molecule has 0 heterocycles. The molecule has 1 aliphatic carbocycles. The van der Waals surface area contributed by atoms with Crippen molar-refractivity contribution >= 4 is 21.7 Å². The molecular formula is C24H31NO5S. The summed E-state index contributed by atoms with van der Waals surface area (Å²) < 4.78 is 34.8. The predicted molar refractivity (Wildman–Crippen MR) is 122 cm³/mol. The van der Waals surface area contributed by atoms with E-state index in [1.807, 2.05) is 13.0 Å². The van der Waals surface area contributed by atoms with E-state index in [1.165, 1.54) is 12.1 Å². The smallest absolute Gasteiger partial charge is 0.335 e. The standard InChI is InChI=1S/C24H31NO5S/c1-17(2)24(12-4-5-13-24)16-31(28,29)25-21-11-6-18(3)14-22(21)30-15-19-7-9-20(10-8-19)23(26)27/h6-11,14,17,25H,4-5,12-13,15-16H2,1-3H3,(H,26,27). The van der Waals surface area contributed by atoms with Gasteiger partial charge in [-0.3, -0.25) is 4.72 Å². The van der Waals surface area contributed by atoms with Crippen molar-refractivity contribution in [2.75, 3.05) is 10.5 Å². The van der Waals surface area contributed by atoms with Gasteiger partial charge < -0.3 is 9.84 Å². The van der Waals surface area contributed by atoms with Gasteiger partial charge in [0.1, 0.15) is 12.4 Å². The number of benzene rings is 2. The maximum absolute atomic E-state index is 13.1. The van der Waals surface area contributed by atoms with E-state index in [2.05, 4.69) is 18.6 Å². The van der Waals surface area contributed by atoms with Gasteiger partial charge in [0.05, 0.1) is 17.0 Å². The second-order valence-electron chi connectivity index (χ2n) is 8.88. The normalized spacial score (nSPS) is 15.7. The van der Waals surface area contributed by atoms with Crippen molar-refractivity contribution in [3.05, 3.63) is 59.2 Å². The third-order valence-corrected chi connectivity index (χ3v) is 7.79. The van der Waals surface area contributed by atoms with Crippen molar-refractivity contribution in [2.45, 2.75) is 53.1 Å². The summed E-state index contributed by atoms with van der Waals surface area (Å²) >= 11 is 0. The van der Waals surface area contributed by atoms with Crippen LogP contribution in [0.1, 0.15) is 61.0 Å². The van der Waals surface area contributed by atoms with E-state index in [0.717, 1.165) is 36.8 Å². The zero-order chi connectivity index (χ0) is 22.6. The maximum atomic E-state index is 13.1. The van der Waals surface area contributed by atoms with Crippen LogP contribution in [-0.4, -0.2) is 25.2 Å². The number of hydrogen-bond donors (Lipinski definition) is 2. The molecule has 2 aromatic rings. The number of sulfonamides is 1. The number of nitrogens with one attached hydrogen (secondary N) is 1. The Balaban J connectivity index is 1.75. The van der Waals surface area contributed by atoms with Crippen LogP contribution in [0.15, 0.2) is 42.5 Å². The fourth-order valence-electron chi connectivity index (χ4n) is 4.29. The van der Waals surface area contributed by atoms with Crippen LogP contribution in [0.4, 0.5) is 5.69 Å². The van der Waals surface area contributed by atoms with E-state index in [9.17, 15) is 13.2 Å². The van der Waals surface area contributed by atoms with Crippen LogP contribution in [0.25, 0.3) is 0 Å². The minimum atomic E-state index is -3.55. The molecule has 0 spiro atoms. The Morgan fingerprint density at radius 1 is 1.13 bits per heavy atom. The van der Waals surface area contributed by atoms with Crippen molar-refractivity contribution in [3.8, 4) is 5.75 Å². The molecule has 7 heteroatoms. The van der Waals surface area contributed by atoms with Crippen molar-refractivity contribution in [1.29, 1.82) is 0 Å². The molecule has 0 aromatic heterocycles. The minimum Gasteiger partial charge on any atom is -0.487 e. The van der Waals surface area contributed by atoms with Crippen LogP contribution in [-0.2, 0) is 16.6 Å². The van der Waals surface area contributed by atoms with E-state index >= 15 is 0 Å². The van der Waals surface area contributed by atoms with Crippen LogP contribution in [0.3, 0.4) is 0 Å². The quantitative estimate of drug-likeness (QED) is 0.551. The Hall–Kier alpha value is -2.54. The summed E-state index contributed by atoms with van der Waals surface area (Å²) in [7, 11) is -3.55. The highest BCUT2D eigenvalue weighted by Gasteiger charge is 2.40. The van der Waals surface area contributed by atoms with Crippen molar-refractivity contribution in [2.24, 2.45) is 11.3 Å². The molecule has 168 valence electrons. The molecule has 2 N–H and O–H groups in total. The van der Waals surface area contributed by atoms with Crippen LogP contribution in [0.2, 0.25) is 0 Å². The zero-order valence-corrected chi connectivity index (χ0v) is 19.2. The monoisotopic (exact) mass is 445 g/mol. The third-order valence-electron chi connectivity index (χ3n) is 6.30. The van der Waals surface area contributed by atoms with E-state index in [4.69, 9.17) is 9.84 Å². The van der Waals surface area contributed by atoms with Crippen molar-refractivity contribution in [3.63, 3.8) is 0 Å². The molecule has 1 fully saturated rings. The lowest BCUT2D eigenvalue weighted by molar-refractivity contribution is 0.0697. The molecule has 6 nitrogen and oxygen atoms in total. The number of aryl methyl sites for hydroxylation is 1. The van der Waals surface area contributed by atoms with E-state index in [0.29, 0.717) is 17.4 Å². The minimum absolute atomic E-state index is 0.113. The lowest BCUT2D eigenvalue weighted by Gasteiger charge is -2.33. The number of hydrogen-bond acceptors (Lipinski definition) is 4.